The molecule has 0 heterocycles. The van der Waals surface area contributed by atoms with E-state index in [9.17, 15) is 9.59 Å². The van der Waals surface area contributed by atoms with E-state index in [2.05, 4.69) is 14.8 Å². The standard InChI is InChI=1S/C6H9NO4/c1-2-3-4-10-11-6(9)7-5-8/h2-4H2,1H3. The van der Waals surface area contributed by atoms with Crippen molar-refractivity contribution in [1.29, 1.82) is 0 Å². The van der Waals surface area contributed by atoms with Crippen LogP contribution in [-0.2, 0) is 14.6 Å². The zero-order chi connectivity index (χ0) is 8.53. The summed E-state index contributed by atoms with van der Waals surface area (Å²) in [7, 11) is 0. The summed E-state index contributed by atoms with van der Waals surface area (Å²) in [5.41, 5.74) is 0. The van der Waals surface area contributed by atoms with E-state index >= 15 is 0 Å². The molecule has 0 saturated carbocycles. The van der Waals surface area contributed by atoms with E-state index in [4.69, 9.17) is 0 Å². The first-order valence-electron chi connectivity index (χ1n) is 3.22. The number of nitrogens with zero attached hydrogens (tertiary/aromatic N) is 1. The van der Waals surface area contributed by atoms with Gasteiger partial charge in [0.1, 0.15) is 0 Å². The smallest absolute Gasteiger partial charge is 0.273 e. The topological polar surface area (TPSA) is 65.0 Å². The molecule has 0 N–H and O–H groups in total. The lowest BCUT2D eigenvalue weighted by atomic mass is 10.4. The molecule has 0 aliphatic rings. The Labute approximate surface area is 63.9 Å². The maximum atomic E-state index is 10.2. The second-order valence-corrected chi connectivity index (χ2v) is 1.73. The normalized spacial score (nSPS) is 8.45. The second-order valence-electron chi connectivity index (χ2n) is 1.73. The van der Waals surface area contributed by atoms with Gasteiger partial charge < -0.3 is 0 Å². The van der Waals surface area contributed by atoms with Gasteiger partial charge in [-0.25, -0.2) is 9.59 Å². The number of carbonyl (C=O) groups excluding carboxylic acids is 2. The van der Waals surface area contributed by atoms with Gasteiger partial charge in [-0.2, -0.15) is 4.89 Å². The lowest BCUT2D eigenvalue weighted by Crippen LogP contribution is -2.01. The van der Waals surface area contributed by atoms with Crippen molar-refractivity contribution in [3.8, 4) is 0 Å². The number of hydrogen-bond donors (Lipinski definition) is 0. The molecule has 62 valence electrons. The molecular formula is C6H9NO4. The molecule has 11 heavy (non-hydrogen) atoms. The highest BCUT2D eigenvalue weighted by Gasteiger charge is 1.98. The van der Waals surface area contributed by atoms with Crippen LogP contribution in [0.2, 0.25) is 0 Å². The lowest BCUT2D eigenvalue weighted by molar-refractivity contribution is -0.236. The molecule has 0 aromatic carbocycles. The van der Waals surface area contributed by atoms with Crippen molar-refractivity contribution in [3.05, 3.63) is 0 Å². The van der Waals surface area contributed by atoms with Crippen LogP contribution in [0, 0.1) is 0 Å². The van der Waals surface area contributed by atoms with Gasteiger partial charge in [0.05, 0.1) is 6.61 Å². The van der Waals surface area contributed by atoms with Crippen LogP contribution in [0.5, 0.6) is 0 Å². The number of isocyanates is 1. The Hall–Kier alpha value is -1.19. The van der Waals surface area contributed by atoms with E-state index in [0.29, 0.717) is 6.61 Å². The maximum Gasteiger partial charge on any atom is 0.475 e. The van der Waals surface area contributed by atoms with Crippen LogP contribution < -0.4 is 0 Å². The summed E-state index contributed by atoms with van der Waals surface area (Å²) in [4.78, 5) is 30.7. The van der Waals surface area contributed by atoms with Crippen molar-refractivity contribution >= 4 is 12.2 Å². The summed E-state index contributed by atoms with van der Waals surface area (Å²) in [5.74, 6) is 0. The average Bonchev–Trinajstić information content (AvgIpc) is 1.99. The summed E-state index contributed by atoms with van der Waals surface area (Å²) < 4.78 is 0. The monoisotopic (exact) mass is 159 g/mol. The van der Waals surface area contributed by atoms with Gasteiger partial charge >= 0.3 is 6.09 Å². The van der Waals surface area contributed by atoms with Crippen molar-refractivity contribution in [1.82, 2.24) is 0 Å². The van der Waals surface area contributed by atoms with Gasteiger partial charge in [-0.15, -0.1) is 0 Å². The van der Waals surface area contributed by atoms with Gasteiger partial charge in [-0.1, -0.05) is 18.3 Å². The molecule has 0 atom stereocenters. The maximum absolute atomic E-state index is 10.2. The minimum absolute atomic E-state index is 0.316. The Morgan fingerprint density at radius 1 is 1.64 bits per heavy atom. The average molecular weight is 159 g/mol. The Balaban J connectivity index is 3.24. The summed E-state index contributed by atoms with van der Waals surface area (Å²) in [6.07, 6.45) is 1.68. The predicted molar refractivity (Wildman–Crippen MR) is 35.5 cm³/mol. The van der Waals surface area contributed by atoms with Crippen LogP contribution in [0.3, 0.4) is 0 Å². The van der Waals surface area contributed by atoms with Crippen LogP contribution >= 0.6 is 0 Å². The largest absolute Gasteiger partial charge is 0.475 e. The molecule has 0 aliphatic carbocycles. The summed E-state index contributed by atoms with van der Waals surface area (Å²) in [6.45, 7) is 2.28. The first-order valence-corrected chi connectivity index (χ1v) is 3.22. The van der Waals surface area contributed by atoms with Crippen molar-refractivity contribution in [2.45, 2.75) is 19.8 Å². The third-order valence-corrected chi connectivity index (χ3v) is 0.848. The fourth-order valence-corrected chi connectivity index (χ4v) is 0.351. The highest BCUT2D eigenvalue weighted by Crippen LogP contribution is 1.90. The zero-order valence-corrected chi connectivity index (χ0v) is 6.20. The van der Waals surface area contributed by atoms with Gasteiger partial charge in [0.15, 0.2) is 0 Å². The number of aliphatic imine (C=N–C) groups is 1. The second kappa shape index (κ2) is 6.92. The molecule has 0 saturated heterocycles. The minimum Gasteiger partial charge on any atom is -0.273 e. The van der Waals surface area contributed by atoms with Crippen LogP contribution in [-0.4, -0.2) is 18.8 Å². The third-order valence-electron chi connectivity index (χ3n) is 0.848. The van der Waals surface area contributed by atoms with Crippen LogP contribution in [0.25, 0.3) is 0 Å². The Morgan fingerprint density at radius 3 is 2.91 bits per heavy atom. The van der Waals surface area contributed by atoms with Crippen LogP contribution in [0.4, 0.5) is 4.79 Å². The summed E-state index contributed by atoms with van der Waals surface area (Å²) in [5, 5.41) is 0. The molecule has 5 nitrogen and oxygen atoms in total. The van der Waals surface area contributed by atoms with E-state index in [1.54, 1.807) is 0 Å². The zero-order valence-electron chi connectivity index (χ0n) is 6.20. The molecule has 0 fully saturated rings. The van der Waals surface area contributed by atoms with Gasteiger partial charge in [-0.3, -0.25) is 4.89 Å². The van der Waals surface area contributed by atoms with Crippen LogP contribution in [0.1, 0.15) is 19.8 Å². The van der Waals surface area contributed by atoms with Crippen LogP contribution in [0.15, 0.2) is 4.99 Å². The molecule has 1 amide bonds. The van der Waals surface area contributed by atoms with E-state index in [0.717, 1.165) is 18.9 Å². The van der Waals surface area contributed by atoms with Gasteiger partial charge in [0.2, 0.25) is 6.08 Å². The van der Waals surface area contributed by atoms with Crippen molar-refractivity contribution < 1.29 is 19.4 Å². The molecule has 0 aliphatic heterocycles. The molecule has 0 radical (unpaired) electrons. The molecule has 0 aromatic heterocycles. The molecule has 0 rings (SSSR count). The summed E-state index contributed by atoms with van der Waals surface area (Å²) in [6, 6.07) is 0. The predicted octanol–water partition coefficient (Wildman–Crippen LogP) is 1.19. The number of hydrogen-bond acceptors (Lipinski definition) is 4. The van der Waals surface area contributed by atoms with E-state index in [1.807, 2.05) is 6.92 Å². The van der Waals surface area contributed by atoms with Crippen molar-refractivity contribution in [3.63, 3.8) is 0 Å². The third kappa shape index (κ3) is 6.70. The number of carbonyl (C=O) groups is 1. The fraction of sp³-hybridized carbons (Fsp3) is 0.667. The molecule has 0 aromatic rings. The van der Waals surface area contributed by atoms with Gasteiger partial charge in [0.25, 0.3) is 0 Å². The molecule has 0 bridgehead atoms. The van der Waals surface area contributed by atoms with E-state index in [1.165, 1.54) is 0 Å². The Kier molecular flexibility index (Phi) is 6.17. The number of unbranched alkanes of at least 4 members (excludes halogenated alkanes) is 1. The van der Waals surface area contributed by atoms with Gasteiger partial charge in [0, 0.05) is 0 Å². The van der Waals surface area contributed by atoms with E-state index in [-0.39, 0.29) is 0 Å². The molecular weight excluding hydrogens is 150 g/mol. The SMILES string of the molecule is CCCCOOC(=O)N=C=O. The highest BCUT2D eigenvalue weighted by molar-refractivity contribution is 5.73. The molecule has 0 unspecified atom stereocenters. The Morgan fingerprint density at radius 2 is 2.36 bits per heavy atom. The first-order chi connectivity index (χ1) is 5.31. The highest BCUT2D eigenvalue weighted by atomic mass is 17.2. The van der Waals surface area contributed by atoms with Crippen molar-refractivity contribution in [2.75, 3.05) is 6.61 Å². The number of amides is 1. The lowest BCUT2D eigenvalue weighted by Gasteiger charge is -1.96. The Bertz CT molecular complexity index is 162. The van der Waals surface area contributed by atoms with E-state index < -0.39 is 6.09 Å². The fourth-order valence-electron chi connectivity index (χ4n) is 0.351. The van der Waals surface area contributed by atoms with Gasteiger partial charge in [-0.05, 0) is 6.42 Å². The summed E-state index contributed by atoms with van der Waals surface area (Å²) >= 11 is 0. The quantitative estimate of drug-likeness (QED) is 0.203. The first kappa shape index (κ1) is 9.81. The molecule has 0 spiro atoms. The van der Waals surface area contributed by atoms with Crippen molar-refractivity contribution in [2.24, 2.45) is 4.99 Å². The number of rotatable bonds is 4. The molecule has 5 heteroatoms. The minimum atomic E-state index is -1.07.